The zero-order valence-electron chi connectivity index (χ0n) is 9.66. The van der Waals surface area contributed by atoms with Gasteiger partial charge in [-0.15, -0.1) is 0 Å². The fraction of sp³-hybridized carbons (Fsp3) is 1.00. The predicted molar refractivity (Wildman–Crippen MR) is 59.3 cm³/mol. The van der Waals surface area contributed by atoms with Crippen LogP contribution >= 0.6 is 0 Å². The van der Waals surface area contributed by atoms with Gasteiger partial charge in [-0.25, -0.2) is 0 Å². The second-order valence-electron chi connectivity index (χ2n) is 5.54. The first-order chi connectivity index (χ1) is 6.54. The SMILES string of the molecule is CN1CC(CN)N(C2CC2)C(C)(C)C1. The van der Waals surface area contributed by atoms with Gasteiger partial charge in [0.2, 0.25) is 0 Å². The van der Waals surface area contributed by atoms with Crippen LogP contribution < -0.4 is 5.73 Å². The molecule has 3 heteroatoms. The Morgan fingerprint density at radius 1 is 1.36 bits per heavy atom. The number of rotatable bonds is 2. The molecule has 0 bridgehead atoms. The summed E-state index contributed by atoms with van der Waals surface area (Å²) in [7, 11) is 2.20. The Hall–Kier alpha value is -0.120. The Labute approximate surface area is 87.2 Å². The van der Waals surface area contributed by atoms with E-state index in [-0.39, 0.29) is 0 Å². The molecule has 82 valence electrons. The lowest BCUT2D eigenvalue weighted by Gasteiger charge is -2.51. The van der Waals surface area contributed by atoms with Gasteiger partial charge < -0.3 is 10.6 Å². The molecular weight excluding hydrogens is 174 g/mol. The van der Waals surface area contributed by atoms with Crippen molar-refractivity contribution in [3.05, 3.63) is 0 Å². The molecule has 0 amide bonds. The van der Waals surface area contributed by atoms with Crippen molar-refractivity contribution in [2.75, 3.05) is 26.7 Å². The number of hydrogen-bond acceptors (Lipinski definition) is 3. The smallest absolute Gasteiger partial charge is 0.0354 e. The summed E-state index contributed by atoms with van der Waals surface area (Å²) >= 11 is 0. The van der Waals surface area contributed by atoms with Gasteiger partial charge in [-0.3, -0.25) is 4.90 Å². The van der Waals surface area contributed by atoms with Gasteiger partial charge in [0.1, 0.15) is 0 Å². The Morgan fingerprint density at radius 3 is 2.50 bits per heavy atom. The summed E-state index contributed by atoms with van der Waals surface area (Å²) in [6, 6.07) is 1.39. The van der Waals surface area contributed by atoms with E-state index in [0.29, 0.717) is 11.6 Å². The highest BCUT2D eigenvalue weighted by atomic mass is 15.4. The van der Waals surface area contributed by atoms with Crippen LogP contribution in [0.15, 0.2) is 0 Å². The topological polar surface area (TPSA) is 32.5 Å². The lowest BCUT2D eigenvalue weighted by Crippen LogP contribution is -2.65. The summed E-state index contributed by atoms with van der Waals surface area (Å²) in [5.74, 6) is 0. The summed E-state index contributed by atoms with van der Waals surface area (Å²) in [5.41, 5.74) is 6.18. The molecule has 1 saturated carbocycles. The van der Waals surface area contributed by atoms with Crippen LogP contribution in [0.25, 0.3) is 0 Å². The summed E-state index contributed by atoms with van der Waals surface area (Å²) in [6.07, 6.45) is 2.76. The molecular formula is C11H23N3. The molecule has 14 heavy (non-hydrogen) atoms. The second kappa shape index (κ2) is 3.47. The molecule has 0 aromatic carbocycles. The number of nitrogens with two attached hydrogens (primary N) is 1. The fourth-order valence-corrected chi connectivity index (χ4v) is 3.08. The van der Waals surface area contributed by atoms with Crippen molar-refractivity contribution in [3.63, 3.8) is 0 Å². The quantitative estimate of drug-likeness (QED) is 0.700. The molecule has 0 radical (unpaired) electrons. The van der Waals surface area contributed by atoms with E-state index in [1.807, 2.05) is 0 Å². The maximum Gasteiger partial charge on any atom is 0.0354 e. The van der Waals surface area contributed by atoms with Crippen molar-refractivity contribution in [1.29, 1.82) is 0 Å². The molecule has 1 atom stereocenters. The molecule has 0 spiro atoms. The van der Waals surface area contributed by atoms with Gasteiger partial charge in [0.25, 0.3) is 0 Å². The number of piperazine rings is 1. The van der Waals surface area contributed by atoms with E-state index < -0.39 is 0 Å². The molecule has 2 fully saturated rings. The Kier molecular flexibility index (Phi) is 2.58. The van der Waals surface area contributed by atoms with Crippen molar-refractivity contribution in [2.45, 2.75) is 44.3 Å². The van der Waals surface area contributed by atoms with Crippen LogP contribution in [0.5, 0.6) is 0 Å². The van der Waals surface area contributed by atoms with Crippen LogP contribution in [0.4, 0.5) is 0 Å². The van der Waals surface area contributed by atoms with Gasteiger partial charge in [-0.1, -0.05) is 0 Å². The predicted octanol–water partition coefficient (Wildman–Crippen LogP) is 0.502. The second-order valence-corrected chi connectivity index (χ2v) is 5.54. The van der Waals surface area contributed by atoms with Crippen LogP contribution in [0.3, 0.4) is 0 Å². The normalized spacial score (nSPS) is 34.7. The third kappa shape index (κ3) is 1.81. The van der Waals surface area contributed by atoms with Gasteiger partial charge in [-0.05, 0) is 33.7 Å². The van der Waals surface area contributed by atoms with E-state index in [2.05, 4.69) is 30.7 Å². The lowest BCUT2D eigenvalue weighted by molar-refractivity contribution is -0.0188. The van der Waals surface area contributed by atoms with Gasteiger partial charge >= 0.3 is 0 Å². The van der Waals surface area contributed by atoms with E-state index in [0.717, 1.165) is 19.1 Å². The van der Waals surface area contributed by atoms with Gasteiger partial charge in [0.15, 0.2) is 0 Å². The van der Waals surface area contributed by atoms with Crippen molar-refractivity contribution in [2.24, 2.45) is 5.73 Å². The number of hydrogen-bond donors (Lipinski definition) is 1. The van der Waals surface area contributed by atoms with Crippen LogP contribution in [-0.2, 0) is 0 Å². The van der Waals surface area contributed by atoms with E-state index >= 15 is 0 Å². The van der Waals surface area contributed by atoms with Crippen LogP contribution in [0.2, 0.25) is 0 Å². The monoisotopic (exact) mass is 197 g/mol. The average molecular weight is 197 g/mol. The first-order valence-electron chi connectivity index (χ1n) is 5.71. The highest BCUT2D eigenvalue weighted by molar-refractivity contribution is 5.02. The van der Waals surface area contributed by atoms with E-state index in [4.69, 9.17) is 5.73 Å². The maximum absolute atomic E-state index is 5.87. The Balaban J connectivity index is 2.14. The molecule has 2 N–H and O–H groups in total. The molecule has 1 unspecified atom stereocenters. The minimum atomic E-state index is 0.304. The molecule has 0 aromatic rings. The molecule has 1 aliphatic heterocycles. The zero-order valence-corrected chi connectivity index (χ0v) is 9.66. The molecule has 1 saturated heterocycles. The van der Waals surface area contributed by atoms with Crippen molar-refractivity contribution in [3.8, 4) is 0 Å². The molecule has 1 heterocycles. The zero-order chi connectivity index (χ0) is 10.3. The first-order valence-corrected chi connectivity index (χ1v) is 5.71. The third-order valence-corrected chi connectivity index (χ3v) is 3.48. The van der Waals surface area contributed by atoms with Crippen molar-refractivity contribution in [1.82, 2.24) is 9.80 Å². The standard InChI is InChI=1S/C11H23N3/c1-11(2)8-13(3)7-10(6-12)14(11)9-4-5-9/h9-10H,4-8,12H2,1-3H3. The average Bonchev–Trinajstić information content (AvgIpc) is 2.84. The minimum Gasteiger partial charge on any atom is -0.329 e. The van der Waals surface area contributed by atoms with E-state index in [9.17, 15) is 0 Å². The molecule has 2 rings (SSSR count). The van der Waals surface area contributed by atoms with Crippen LogP contribution in [0.1, 0.15) is 26.7 Å². The van der Waals surface area contributed by atoms with Gasteiger partial charge in [0, 0.05) is 37.3 Å². The summed E-state index contributed by atoms with van der Waals surface area (Å²) in [6.45, 7) is 7.80. The summed E-state index contributed by atoms with van der Waals surface area (Å²) < 4.78 is 0. The lowest BCUT2D eigenvalue weighted by atomic mass is 9.94. The van der Waals surface area contributed by atoms with Gasteiger partial charge in [-0.2, -0.15) is 0 Å². The molecule has 3 nitrogen and oxygen atoms in total. The summed E-state index contributed by atoms with van der Waals surface area (Å²) in [4.78, 5) is 5.09. The largest absolute Gasteiger partial charge is 0.329 e. The minimum absolute atomic E-state index is 0.304. The number of nitrogens with zero attached hydrogens (tertiary/aromatic N) is 2. The fourth-order valence-electron chi connectivity index (χ4n) is 3.08. The molecule has 2 aliphatic rings. The highest BCUT2D eigenvalue weighted by Gasteiger charge is 2.45. The summed E-state index contributed by atoms with van der Waals surface area (Å²) in [5, 5.41) is 0. The van der Waals surface area contributed by atoms with Crippen molar-refractivity contribution < 1.29 is 0 Å². The third-order valence-electron chi connectivity index (χ3n) is 3.48. The molecule has 1 aliphatic carbocycles. The van der Waals surface area contributed by atoms with Crippen LogP contribution in [-0.4, -0.2) is 54.1 Å². The molecule has 0 aromatic heterocycles. The highest BCUT2D eigenvalue weighted by Crippen LogP contribution is 2.37. The van der Waals surface area contributed by atoms with Crippen molar-refractivity contribution >= 4 is 0 Å². The van der Waals surface area contributed by atoms with E-state index in [1.54, 1.807) is 0 Å². The number of likely N-dealkylation sites (N-methyl/N-ethyl adjacent to an activating group) is 1. The van der Waals surface area contributed by atoms with Crippen LogP contribution in [0, 0.1) is 0 Å². The Morgan fingerprint density at radius 2 is 2.00 bits per heavy atom. The maximum atomic E-state index is 5.87. The van der Waals surface area contributed by atoms with E-state index in [1.165, 1.54) is 19.4 Å². The van der Waals surface area contributed by atoms with Gasteiger partial charge in [0.05, 0.1) is 0 Å². The Bertz CT molecular complexity index is 211. The first kappa shape index (κ1) is 10.4.